The first-order chi connectivity index (χ1) is 8.88. The Labute approximate surface area is 114 Å². The zero-order chi connectivity index (χ0) is 12.4. The molecule has 2 heterocycles. The highest BCUT2D eigenvalue weighted by Gasteiger charge is 2.09. The molecule has 0 amide bonds. The third kappa shape index (κ3) is 2.10. The van der Waals surface area contributed by atoms with Gasteiger partial charge in [-0.3, -0.25) is 0 Å². The van der Waals surface area contributed by atoms with Crippen LogP contribution in [0.1, 0.15) is 5.56 Å². The van der Waals surface area contributed by atoms with Gasteiger partial charge in [0.25, 0.3) is 0 Å². The quantitative estimate of drug-likeness (QED) is 0.782. The molecule has 0 bridgehead atoms. The highest BCUT2D eigenvalue weighted by atomic mass is 32.1. The molecule has 0 saturated carbocycles. The summed E-state index contributed by atoms with van der Waals surface area (Å²) in [7, 11) is 0. The maximum Gasteiger partial charge on any atom is 0.124 e. The van der Waals surface area contributed by atoms with Crippen molar-refractivity contribution < 1.29 is 0 Å². The van der Waals surface area contributed by atoms with E-state index in [-0.39, 0.29) is 0 Å². The number of aromatic nitrogens is 1. The van der Waals surface area contributed by atoms with E-state index in [9.17, 15) is 0 Å². The summed E-state index contributed by atoms with van der Waals surface area (Å²) >= 11 is 3.38. The van der Waals surface area contributed by atoms with Gasteiger partial charge in [0.15, 0.2) is 0 Å². The monoisotopic (exact) mass is 272 g/mol. The second kappa shape index (κ2) is 5.02. The Bertz CT molecular complexity index is 641. The van der Waals surface area contributed by atoms with Gasteiger partial charge in [-0.15, -0.1) is 22.7 Å². The second-order valence-corrected chi connectivity index (χ2v) is 5.68. The molecule has 0 atom stereocenters. The van der Waals surface area contributed by atoms with Gasteiger partial charge in [0.2, 0.25) is 0 Å². The SMILES string of the molecule is NCc1ccccc1-c1nc(-c2cccs2)cs1. The summed E-state index contributed by atoms with van der Waals surface area (Å²) in [4.78, 5) is 5.92. The molecule has 0 spiro atoms. The third-order valence-corrected chi connectivity index (χ3v) is 4.51. The normalized spacial score (nSPS) is 10.7. The lowest BCUT2D eigenvalue weighted by Gasteiger charge is -2.03. The zero-order valence-electron chi connectivity index (χ0n) is 9.67. The molecule has 90 valence electrons. The molecule has 0 fully saturated rings. The smallest absolute Gasteiger partial charge is 0.124 e. The number of nitrogens with two attached hydrogens (primary N) is 1. The molecule has 0 aliphatic rings. The summed E-state index contributed by atoms with van der Waals surface area (Å²) in [5, 5.41) is 5.22. The topological polar surface area (TPSA) is 38.9 Å². The Hall–Kier alpha value is -1.49. The van der Waals surface area contributed by atoms with Crippen LogP contribution in [-0.2, 0) is 6.54 Å². The van der Waals surface area contributed by atoms with Gasteiger partial charge in [0, 0.05) is 17.5 Å². The van der Waals surface area contributed by atoms with E-state index >= 15 is 0 Å². The molecule has 0 aliphatic heterocycles. The number of nitrogens with zero attached hydrogens (tertiary/aromatic N) is 1. The summed E-state index contributed by atoms with van der Waals surface area (Å²) in [6.07, 6.45) is 0. The van der Waals surface area contributed by atoms with E-state index in [2.05, 4.69) is 29.0 Å². The Morgan fingerprint density at radius 3 is 2.72 bits per heavy atom. The van der Waals surface area contributed by atoms with Crippen molar-refractivity contribution in [2.24, 2.45) is 5.73 Å². The van der Waals surface area contributed by atoms with E-state index in [1.165, 1.54) is 4.88 Å². The van der Waals surface area contributed by atoms with Gasteiger partial charge in [-0.25, -0.2) is 4.98 Å². The van der Waals surface area contributed by atoms with Crippen molar-refractivity contribution in [2.45, 2.75) is 6.54 Å². The highest BCUT2D eigenvalue weighted by molar-refractivity contribution is 7.15. The number of rotatable bonds is 3. The summed E-state index contributed by atoms with van der Waals surface area (Å²) in [6, 6.07) is 12.3. The van der Waals surface area contributed by atoms with Crippen LogP contribution in [0.25, 0.3) is 21.1 Å². The van der Waals surface area contributed by atoms with Crippen LogP contribution >= 0.6 is 22.7 Å². The first-order valence-electron chi connectivity index (χ1n) is 5.66. The third-order valence-electron chi connectivity index (χ3n) is 2.75. The summed E-state index contributed by atoms with van der Waals surface area (Å²) in [6.45, 7) is 0.546. The average molecular weight is 272 g/mol. The minimum atomic E-state index is 0.546. The fourth-order valence-corrected chi connectivity index (χ4v) is 3.48. The van der Waals surface area contributed by atoms with Crippen LogP contribution in [0.5, 0.6) is 0 Å². The van der Waals surface area contributed by atoms with Crippen LogP contribution < -0.4 is 5.73 Å². The lowest BCUT2D eigenvalue weighted by Crippen LogP contribution is -1.98. The molecule has 2 nitrogen and oxygen atoms in total. The van der Waals surface area contributed by atoms with E-state index in [0.717, 1.165) is 21.8 Å². The van der Waals surface area contributed by atoms with Crippen molar-refractivity contribution in [2.75, 3.05) is 0 Å². The van der Waals surface area contributed by atoms with Gasteiger partial charge in [-0.1, -0.05) is 30.3 Å². The highest BCUT2D eigenvalue weighted by Crippen LogP contribution is 2.32. The largest absolute Gasteiger partial charge is 0.326 e. The van der Waals surface area contributed by atoms with Gasteiger partial charge in [-0.05, 0) is 17.0 Å². The van der Waals surface area contributed by atoms with Crippen LogP contribution in [-0.4, -0.2) is 4.98 Å². The molecule has 4 heteroatoms. The van der Waals surface area contributed by atoms with E-state index in [1.54, 1.807) is 22.7 Å². The van der Waals surface area contributed by atoms with Gasteiger partial charge >= 0.3 is 0 Å². The van der Waals surface area contributed by atoms with Crippen LogP contribution in [0.15, 0.2) is 47.2 Å². The van der Waals surface area contributed by atoms with Crippen LogP contribution in [0.4, 0.5) is 0 Å². The molecule has 2 aromatic heterocycles. The van der Waals surface area contributed by atoms with Crippen molar-refractivity contribution >= 4 is 22.7 Å². The van der Waals surface area contributed by atoms with E-state index in [0.29, 0.717) is 6.54 Å². The average Bonchev–Trinajstić information content (AvgIpc) is 3.09. The molecule has 1 aromatic carbocycles. The minimum absolute atomic E-state index is 0.546. The van der Waals surface area contributed by atoms with Crippen LogP contribution in [0.3, 0.4) is 0 Å². The summed E-state index contributed by atoms with van der Waals surface area (Å²) < 4.78 is 0. The number of thiazole rings is 1. The first-order valence-corrected chi connectivity index (χ1v) is 7.42. The van der Waals surface area contributed by atoms with E-state index in [1.807, 2.05) is 18.2 Å². The molecule has 3 rings (SSSR count). The standard InChI is InChI=1S/C14H12N2S2/c15-8-10-4-1-2-5-11(10)14-16-12(9-18-14)13-6-3-7-17-13/h1-7,9H,8,15H2. The predicted molar refractivity (Wildman–Crippen MR) is 78.8 cm³/mol. The Balaban J connectivity index is 2.03. The molecule has 0 radical (unpaired) electrons. The van der Waals surface area contributed by atoms with Crippen molar-refractivity contribution in [1.82, 2.24) is 4.98 Å². The Kier molecular flexibility index (Phi) is 3.23. The maximum atomic E-state index is 5.77. The molecular formula is C14H12N2S2. The zero-order valence-corrected chi connectivity index (χ0v) is 11.3. The number of hydrogen-bond acceptors (Lipinski definition) is 4. The first kappa shape index (κ1) is 11.6. The Morgan fingerprint density at radius 2 is 1.94 bits per heavy atom. The van der Waals surface area contributed by atoms with Crippen molar-refractivity contribution in [3.05, 3.63) is 52.7 Å². The predicted octanol–water partition coefficient (Wildman–Crippen LogP) is 4.00. The van der Waals surface area contributed by atoms with Crippen LogP contribution in [0.2, 0.25) is 0 Å². The van der Waals surface area contributed by atoms with Gasteiger partial charge < -0.3 is 5.73 Å². The van der Waals surface area contributed by atoms with E-state index in [4.69, 9.17) is 10.7 Å². The number of thiophene rings is 1. The Morgan fingerprint density at radius 1 is 1.06 bits per heavy atom. The summed E-state index contributed by atoms with van der Waals surface area (Å²) in [5.74, 6) is 0. The van der Waals surface area contributed by atoms with Crippen molar-refractivity contribution in [1.29, 1.82) is 0 Å². The van der Waals surface area contributed by atoms with Gasteiger partial charge in [0.05, 0.1) is 10.6 Å². The lowest BCUT2D eigenvalue weighted by atomic mass is 10.1. The molecule has 3 aromatic rings. The fourth-order valence-electron chi connectivity index (χ4n) is 1.84. The second-order valence-electron chi connectivity index (χ2n) is 3.88. The maximum absolute atomic E-state index is 5.77. The minimum Gasteiger partial charge on any atom is -0.326 e. The molecule has 0 saturated heterocycles. The van der Waals surface area contributed by atoms with Gasteiger partial charge in [0.1, 0.15) is 5.01 Å². The molecule has 0 unspecified atom stereocenters. The van der Waals surface area contributed by atoms with E-state index < -0.39 is 0 Å². The molecule has 2 N–H and O–H groups in total. The molecule has 0 aliphatic carbocycles. The number of hydrogen-bond donors (Lipinski definition) is 1. The lowest BCUT2D eigenvalue weighted by molar-refractivity contribution is 1.07. The van der Waals surface area contributed by atoms with Crippen molar-refractivity contribution in [3.63, 3.8) is 0 Å². The molecule has 18 heavy (non-hydrogen) atoms. The van der Waals surface area contributed by atoms with Crippen LogP contribution in [0, 0.1) is 0 Å². The molecular weight excluding hydrogens is 260 g/mol. The fraction of sp³-hybridized carbons (Fsp3) is 0.0714. The summed E-state index contributed by atoms with van der Waals surface area (Å²) in [5.41, 5.74) is 9.11. The van der Waals surface area contributed by atoms with Gasteiger partial charge in [-0.2, -0.15) is 0 Å². The van der Waals surface area contributed by atoms with Crippen molar-refractivity contribution in [3.8, 4) is 21.1 Å². The number of benzene rings is 1.